The number of benzene rings is 1. The predicted molar refractivity (Wildman–Crippen MR) is 105 cm³/mol. The van der Waals surface area contributed by atoms with Crippen LogP contribution in [0.4, 0.5) is 11.5 Å². The normalized spacial score (nSPS) is 16.7. The topological polar surface area (TPSA) is 77.3 Å². The summed E-state index contributed by atoms with van der Waals surface area (Å²) in [4.78, 5) is 11.0. The molecular formula is C19H24N6O2. The second-order valence-corrected chi connectivity index (χ2v) is 6.81. The van der Waals surface area contributed by atoms with Gasteiger partial charge in [0.1, 0.15) is 23.6 Å². The molecule has 1 saturated heterocycles. The number of aromatic nitrogens is 4. The van der Waals surface area contributed by atoms with Gasteiger partial charge in [0.05, 0.1) is 19.6 Å². The van der Waals surface area contributed by atoms with Crippen LogP contribution in [0.2, 0.25) is 0 Å². The van der Waals surface area contributed by atoms with Crippen LogP contribution in [0.25, 0.3) is 11.0 Å². The fourth-order valence-electron chi connectivity index (χ4n) is 3.54. The number of ether oxygens (including phenoxy) is 2. The van der Waals surface area contributed by atoms with E-state index in [4.69, 9.17) is 9.47 Å². The number of rotatable bonds is 6. The first-order valence-corrected chi connectivity index (χ1v) is 9.02. The van der Waals surface area contributed by atoms with E-state index in [2.05, 4.69) is 37.4 Å². The predicted octanol–water partition coefficient (Wildman–Crippen LogP) is 2.32. The highest BCUT2D eigenvalue weighted by Crippen LogP contribution is 2.31. The zero-order valence-corrected chi connectivity index (χ0v) is 15.8. The van der Waals surface area contributed by atoms with Crippen LogP contribution in [0.3, 0.4) is 0 Å². The van der Waals surface area contributed by atoms with E-state index in [1.807, 2.05) is 19.3 Å². The Hall–Kier alpha value is -3.03. The molecule has 27 heavy (non-hydrogen) atoms. The molecule has 1 fully saturated rings. The SMILES string of the molecule is COc1cc(OC)cc(N2CCC(CNc3ncnc4nn(C)cc34)C2)c1. The molecule has 1 aliphatic heterocycles. The summed E-state index contributed by atoms with van der Waals surface area (Å²) in [5, 5.41) is 8.76. The molecular weight excluding hydrogens is 344 g/mol. The van der Waals surface area contributed by atoms with Crippen molar-refractivity contribution in [2.45, 2.75) is 6.42 Å². The third-order valence-corrected chi connectivity index (χ3v) is 4.98. The Morgan fingerprint density at radius 3 is 2.67 bits per heavy atom. The van der Waals surface area contributed by atoms with Crippen LogP contribution in [0.15, 0.2) is 30.7 Å². The van der Waals surface area contributed by atoms with Gasteiger partial charge in [-0.25, -0.2) is 9.97 Å². The van der Waals surface area contributed by atoms with E-state index in [1.165, 1.54) is 0 Å². The molecule has 3 aromatic rings. The van der Waals surface area contributed by atoms with E-state index < -0.39 is 0 Å². The molecule has 4 rings (SSSR count). The molecule has 2 aromatic heterocycles. The number of nitrogens with zero attached hydrogens (tertiary/aromatic N) is 5. The van der Waals surface area contributed by atoms with Gasteiger partial charge in [0.2, 0.25) is 0 Å². The van der Waals surface area contributed by atoms with Gasteiger partial charge in [0.25, 0.3) is 0 Å². The highest BCUT2D eigenvalue weighted by atomic mass is 16.5. The molecule has 0 aliphatic carbocycles. The average molecular weight is 368 g/mol. The smallest absolute Gasteiger partial charge is 0.186 e. The summed E-state index contributed by atoms with van der Waals surface area (Å²) < 4.78 is 12.5. The summed E-state index contributed by atoms with van der Waals surface area (Å²) in [6, 6.07) is 6.01. The van der Waals surface area contributed by atoms with Gasteiger partial charge in [0.15, 0.2) is 5.65 Å². The molecule has 0 radical (unpaired) electrons. The molecule has 0 spiro atoms. The number of hydrogen-bond acceptors (Lipinski definition) is 7. The molecule has 1 aromatic carbocycles. The van der Waals surface area contributed by atoms with Crippen molar-refractivity contribution in [3.8, 4) is 11.5 Å². The number of nitrogens with one attached hydrogen (secondary N) is 1. The van der Waals surface area contributed by atoms with Gasteiger partial charge in [-0.15, -0.1) is 0 Å². The molecule has 142 valence electrons. The molecule has 1 atom stereocenters. The molecule has 0 bridgehead atoms. The Bertz CT molecular complexity index is 919. The van der Waals surface area contributed by atoms with Crippen molar-refractivity contribution in [3.63, 3.8) is 0 Å². The van der Waals surface area contributed by atoms with Crippen molar-refractivity contribution in [1.82, 2.24) is 19.7 Å². The zero-order chi connectivity index (χ0) is 18.8. The number of methoxy groups -OCH3 is 2. The third kappa shape index (κ3) is 3.60. The van der Waals surface area contributed by atoms with Crippen LogP contribution < -0.4 is 19.7 Å². The van der Waals surface area contributed by atoms with E-state index in [1.54, 1.807) is 25.2 Å². The molecule has 1 N–H and O–H groups in total. The average Bonchev–Trinajstić information content (AvgIpc) is 3.31. The van der Waals surface area contributed by atoms with Crippen molar-refractivity contribution >= 4 is 22.5 Å². The van der Waals surface area contributed by atoms with Crippen molar-refractivity contribution in [2.75, 3.05) is 44.1 Å². The first-order valence-electron chi connectivity index (χ1n) is 9.02. The Kier molecular flexibility index (Phi) is 4.70. The Labute approximate surface area is 158 Å². The first-order chi connectivity index (χ1) is 13.2. The van der Waals surface area contributed by atoms with Gasteiger partial charge in [-0.05, 0) is 12.3 Å². The van der Waals surface area contributed by atoms with Crippen molar-refractivity contribution < 1.29 is 9.47 Å². The van der Waals surface area contributed by atoms with Crippen molar-refractivity contribution in [1.29, 1.82) is 0 Å². The maximum absolute atomic E-state index is 5.39. The lowest BCUT2D eigenvalue weighted by Gasteiger charge is -2.20. The van der Waals surface area contributed by atoms with E-state index in [0.717, 1.165) is 54.4 Å². The van der Waals surface area contributed by atoms with Crippen LogP contribution in [0.1, 0.15) is 6.42 Å². The Morgan fingerprint density at radius 2 is 1.93 bits per heavy atom. The third-order valence-electron chi connectivity index (χ3n) is 4.98. The Morgan fingerprint density at radius 1 is 1.15 bits per heavy atom. The zero-order valence-electron chi connectivity index (χ0n) is 15.8. The lowest BCUT2D eigenvalue weighted by Crippen LogP contribution is -2.22. The standard InChI is InChI=1S/C19H24N6O2/c1-24-11-17-18(21-12-22-19(17)23-24)20-9-13-4-5-25(10-13)14-6-15(26-2)8-16(7-14)27-3/h6-8,11-13H,4-5,9-10H2,1-3H3,(H,20,21,22,23). The molecule has 1 unspecified atom stereocenters. The quantitative estimate of drug-likeness (QED) is 0.715. The lowest BCUT2D eigenvalue weighted by atomic mass is 10.1. The first kappa shape index (κ1) is 17.4. The lowest BCUT2D eigenvalue weighted by molar-refractivity contribution is 0.394. The second kappa shape index (κ2) is 7.30. The van der Waals surface area contributed by atoms with Gasteiger partial charge in [0, 0.05) is 56.8 Å². The van der Waals surface area contributed by atoms with Crippen LogP contribution >= 0.6 is 0 Å². The maximum atomic E-state index is 5.39. The van der Waals surface area contributed by atoms with E-state index >= 15 is 0 Å². The summed E-state index contributed by atoms with van der Waals surface area (Å²) in [6.45, 7) is 2.85. The summed E-state index contributed by atoms with van der Waals surface area (Å²) in [5.41, 5.74) is 1.84. The van der Waals surface area contributed by atoms with Crippen molar-refractivity contribution in [3.05, 3.63) is 30.7 Å². The summed E-state index contributed by atoms with van der Waals surface area (Å²) >= 11 is 0. The fourth-order valence-corrected chi connectivity index (χ4v) is 3.54. The number of anilines is 2. The van der Waals surface area contributed by atoms with Gasteiger partial charge < -0.3 is 19.7 Å². The van der Waals surface area contributed by atoms with Crippen molar-refractivity contribution in [2.24, 2.45) is 13.0 Å². The number of aryl methyl sites for hydroxylation is 1. The number of hydrogen-bond donors (Lipinski definition) is 1. The highest BCUT2D eigenvalue weighted by molar-refractivity contribution is 5.85. The van der Waals surface area contributed by atoms with Gasteiger partial charge >= 0.3 is 0 Å². The fraction of sp³-hybridized carbons (Fsp3) is 0.421. The molecule has 8 heteroatoms. The minimum atomic E-state index is 0.531. The number of fused-ring (bicyclic) bond motifs is 1. The van der Waals surface area contributed by atoms with Crippen LogP contribution in [-0.2, 0) is 7.05 Å². The minimum absolute atomic E-state index is 0.531. The Balaban J connectivity index is 1.43. The second-order valence-electron chi connectivity index (χ2n) is 6.81. The maximum Gasteiger partial charge on any atom is 0.186 e. The van der Waals surface area contributed by atoms with Crippen LogP contribution in [0, 0.1) is 5.92 Å². The van der Waals surface area contributed by atoms with Gasteiger partial charge in [-0.3, -0.25) is 4.68 Å². The molecule has 0 amide bonds. The largest absolute Gasteiger partial charge is 0.497 e. The van der Waals surface area contributed by atoms with Crippen LogP contribution in [0.5, 0.6) is 11.5 Å². The molecule has 0 saturated carbocycles. The summed E-state index contributed by atoms with van der Waals surface area (Å²) in [7, 11) is 5.25. The summed E-state index contributed by atoms with van der Waals surface area (Å²) in [6.07, 6.45) is 4.62. The highest BCUT2D eigenvalue weighted by Gasteiger charge is 2.24. The van der Waals surface area contributed by atoms with E-state index in [-0.39, 0.29) is 0 Å². The minimum Gasteiger partial charge on any atom is -0.497 e. The molecule has 3 heterocycles. The van der Waals surface area contributed by atoms with Gasteiger partial charge in [-0.1, -0.05) is 0 Å². The molecule has 1 aliphatic rings. The van der Waals surface area contributed by atoms with Crippen LogP contribution in [-0.4, -0.2) is 53.6 Å². The van der Waals surface area contributed by atoms with E-state index in [0.29, 0.717) is 11.6 Å². The summed E-state index contributed by atoms with van der Waals surface area (Å²) in [5.74, 6) is 3.00. The monoisotopic (exact) mass is 368 g/mol. The van der Waals surface area contributed by atoms with E-state index in [9.17, 15) is 0 Å². The molecule has 8 nitrogen and oxygen atoms in total. The van der Waals surface area contributed by atoms with Gasteiger partial charge in [-0.2, -0.15) is 5.10 Å².